The number of hydrogen-bond acceptors (Lipinski definition) is 3. The molecule has 1 aromatic carbocycles. The molecule has 0 atom stereocenters. The summed E-state index contributed by atoms with van der Waals surface area (Å²) in [6.45, 7) is 0. The highest BCUT2D eigenvalue weighted by atomic mass is 79.9. The maximum Gasteiger partial charge on any atom is 0.0570 e. The molecule has 3 aromatic rings. The first-order valence-corrected chi connectivity index (χ1v) is 7.50. The van der Waals surface area contributed by atoms with Crippen molar-refractivity contribution in [2.45, 2.75) is 0 Å². The van der Waals surface area contributed by atoms with Gasteiger partial charge in [0.2, 0.25) is 0 Å². The van der Waals surface area contributed by atoms with Crippen molar-refractivity contribution in [3.8, 4) is 10.4 Å². The predicted molar refractivity (Wildman–Crippen MR) is 85.0 cm³/mol. The minimum atomic E-state index is 1.00. The van der Waals surface area contributed by atoms with Crippen LogP contribution in [0.25, 0.3) is 10.4 Å². The van der Waals surface area contributed by atoms with Gasteiger partial charge in [0.1, 0.15) is 0 Å². The van der Waals surface area contributed by atoms with Crippen molar-refractivity contribution in [2.75, 3.05) is 5.32 Å². The van der Waals surface area contributed by atoms with Gasteiger partial charge in [-0.3, -0.25) is 4.98 Å². The summed E-state index contributed by atoms with van der Waals surface area (Å²) in [5.41, 5.74) is 3.31. The molecule has 3 rings (SSSR count). The molecule has 0 fully saturated rings. The highest BCUT2D eigenvalue weighted by Gasteiger charge is 2.03. The highest BCUT2D eigenvalue weighted by molar-refractivity contribution is 9.10. The van der Waals surface area contributed by atoms with Crippen molar-refractivity contribution >= 4 is 38.6 Å². The average Bonchev–Trinajstić information content (AvgIpc) is 2.88. The first-order chi connectivity index (χ1) is 9.31. The van der Waals surface area contributed by atoms with E-state index in [1.54, 1.807) is 17.5 Å². The summed E-state index contributed by atoms with van der Waals surface area (Å²) < 4.78 is 1.10. The van der Waals surface area contributed by atoms with E-state index in [1.165, 1.54) is 10.4 Å². The van der Waals surface area contributed by atoms with Gasteiger partial charge in [0.05, 0.1) is 11.9 Å². The van der Waals surface area contributed by atoms with Crippen molar-refractivity contribution in [2.24, 2.45) is 0 Å². The van der Waals surface area contributed by atoms with Crippen LogP contribution in [-0.4, -0.2) is 4.98 Å². The molecular formula is C15H11BrN2S. The smallest absolute Gasteiger partial charge is 0.0570 e. The van der Waals surface area contributed by atoms with Gasteiger partial charge in [0.15, 0.2) is 0 Å². The third-order valence-corrected chi connectivity index (χ3v) is 4.13. The quantitative estimate of drug-likeness (QED) is 0.703. The summed E-state index contributed by atoms with van der Waals surface area (Å²) in [6, 6.07) is 14.4. The number of thiophene rings is 1. The zero-order chi connectivity index (χ0) is 13.1. The van der Waals surface area contributed by atoms with Crippen LogP contribution in [0.3, 0.4) is 0 Å². The summed E-state index contributed by atoms with van der Waals surface area (Å²) >= 11 is 5.23. The Morgan fingerprint density at radius 3 is 2.79 bits per heavy atom. The van der Waals surface area contributed by atoms with Gasteiger partial charge < -0.3 is 5.32 Å². The monoisotopic (exact) mass is 330 g/mol. The van der Waals surface area contributed by atoms with E-state index in [1.807, 2.05) is 30.5 Å². The molecule has 0 bridgehead atoms. The second-order valence-electron chi connectivity index (χ2n) is 4.08. The minimum absolute atomic E-state index is 1.00. The standard InChI is InChI=1S/C15H11BrN2S/c16-12-4-1-3-11(7-12)15-8-14(10-19-15)18-13-5-2-6-17-9-13/h1-10,18H. The molecule has 0 radical (unpaired) electrons. The highest BCUT2D eigenvalue weighted by Crippen LogP contribution is 2.32. The van der Waals surface area contributed by atoms with E-state index in [4.69, 9.17) is 0 Å². The summed E-state index contributed by atoms with van der Waals surface area (Å²) in [6.07, 6.45) is 3.59. The Morgan fingerprint density at radius 2 is 2.00 bits per heavy atom. The van der Waals surface area contributed by atoms with Crippen molar-refractivity contribution in [1.82, 2.24) is 4.98 Å². The van der Waals surface area contributed by atoms with Gasteiger partial charge in [0.25, 0.3) is 0 Å². The number of aromatic nitrogens is 1. The van der Waals surface area contributed by atoms with Gasteiger partial charge in [0, 0.05) is 26.6 Å². The Hall–Kier alpha value is -1.65. The van der Waals surface area contributed by atoms with E-state index in [0.29, 0.717) is 0 Å². The number of benzene rings is 1. The largest absolute Gasteiger partial charge is 0.354 e. The van der Waals surface area contributed by atoms with Crippen molar-refractivity contribution in [3.63, 3.8) is 0 Å². The predicted octanol–water partition coefficient (Wildman–Crippen LogP) is 5.32. The van der Waals surface area contributed by atoms with Crippen LogP contribution in [0, 0.1) is 0 Å². The van der Waals surface area contributed by atoms with Crippen LogP contribution in [0.4, 0.5) is 11.4 Å². The summed E-state index contributed by atoms with van der Waals surface area (Å²) in [5, 5.41) is 5.46. The SMILES string of the molecule is Brc1cccc(-c2cc(Nc3cccnc3)cs2)c1. The zero-order valence-corrected chi connectivity index (χ0v) is 12.4. The Balaban J connectivity index is 1.84. The second-order valence-corrected chi connectivity index (χ2v) is 5.90. The Kier molecular flexibility index (Phi) is 3.62. The van der Waals surface area contributed by atoms with Gasteiger partial charge in [-0.25, -0.2) is 0 Å². The number of halogens is 1. The van der Waals surface area contributed by atoms with E-state index in [0.717, 1.165) is 15.8 Å². The molecule has 94 valence electrons. The fourth-order valence-corrected chi connectivity index (χ4v) is 3.04. The van der Waals surface area contributed by atoms with Crippen molar-refractivity contribution in [3.05, 3.63) is 64.7 Å². The summed E-state index contributed by atoms with van der Waals surface area (Å²) in [4.78, 5) is 5.34. The summed E-state index contributed by atoms with van der Waals surface area (Å²) in [5.74, 6) is 0. The van der Waals surface area contributed by atoms with Gasteiger partial charge >= 0.3 is 0 Å². The van der Waals surface area contributed by atoms with Crippen LogP contribution in [0.15, 0.2) is 64.7 Å². The lowest BCUT2D eigenvalue weighted by Gasteiger charge is -2.01. The normalized spacial score (nSPS) is 10.4. The molecule has 0 spiro atoms. The minimum Gasteiger partial charge on any atom is -0.354 e. The molecule has 0 saturated heterocycles. The van der Waals surface area contributed by atoms with Gasteiger partial charge in [-0.2, -0.15) is 0 Å². The number of nitrogens with one attached hydrogen (secondary N) is 1. The fourth-order valence-electron chi connectivity index (χ4n) is 1.80. The van der Waals surface area contributed by atoms with Crippen LogP contribution in [0.2, 0.25) is 0 Å². The molecule has 4 heteroatoms. The first-order valence-electron chi connectivity index (χ1n) is 5.83. The zero-order valence-electron chi connectivity index (χ0n) is 10.0. The Bertz CT molecular complexity index is 679. The van der Waals surface area contributed by atoms with E-state index < -0.39 is 0 Å². The van der Waals surface area contributed by atoms with Crippen LogP contribution >= 0.6 is 27.3 Å². The third-order valence-electron chi connectivity index (χ3n) is 2.66. The van der Waals surface area contributed by atoms with Crippen LogP contribution in [-0.2, 0) is 0 Å². The Morgan fingerprint density at radius 1 is 1.05 bits per heavy atom. The molecule has 2 heterocycles. The molecule has 0 aliphatic rings. The number of pyridine rings is 1. The molecule has 2 nitrogen and oxygen atoms in total. The molecule has 0 amide bonds. The number of anilines is 2. The van der Waals surface area contributed by atoms with Crippen molar-refractivity contribution < 1.29 is 0 Å². The molecule has 0 aliphatic heterocycles. The lowest BCUT2D eigenvalue weighted by Crippen LogP contribution is -1.87. The van der Waals surface area contributed by atoms with E-state index >= 15 is 0 Å². The first kappa shape index (κ1) is 12.4. The number of hydrogen-bond donors (Lipinski definition) is 1. The molecule has 0 unspecified atom stereocenters. The molecule has 0 saturated carbocycles. The van der Waals surface area contributed by atoms with Crippen LogP contribution in [0.1, 0.15) is 0 Å². The van der Waals surface area contributed by atoms with Crippen molar-refractivity contribution in [1.29, 1.82) is 0 Å². The molecule has 1 N–H and O–H groups in total. The molecule has 0 aliphatic carbocycles. The van der Waals surface area contributed by atoms with Crippen LogP contribution < -0.4 is 5.32 Å². The Labute approximate surface area is 124 Å². The molecule has 19 heavy (non-hydrogen) atoms. The maximum atomic E-state index is 4.09. The van der Waals surface area contributed by atoms with Crippen LogP contribution in [0.5, 0.6) is 0 Å². The van der Waals surface area contributed by atoms with Gasteiger partial charge in [-0.15, -0.1) is 11.3 Å². The van der Waals surface area contributed by atoms with E-state index in [2.05, 4.69) is 49.8 Å². The maximum absolute atomic E-state index is 4.09. The second kappa shape index (κ2) is 5.55. The average molecular weight is 331 g/mol. The van der Waals surface area contributed by atoms with Gasteiger partial charge in [-0.1, -0.05) is 28.1 Å². The van der Waals surface area contributed by atoms with E-state index in [-0.39, 0.29) is 0 Å². The van der Waals surface area contributed by atoms with E-state index in [9.17, 15) is 0 Å². The number of rotatable bonds is 3. The topological polar surface area (TPSA) is 24.9 Å². The molecule has 2 aromatic heterocycles. The third kappa shape index (κ3) is 3.03. The van der Waals surface area contributed by atoms with Gasteiger partial charge in [-0.05, 0) is 35.9 Å². The lowest BCUT2D eigenvalue weighted by molar-refractivity contribution is 1.32. The number of nitrogens with zero attached hydrogens (tertiary/aromatic N) is 1. The molecular weight excluding hydrogens is 320 g/mol. The fraction of sp³-hybridized carbons (Fsp3) is 0. The lowest BCUT2D eigenvalue weighted by atomic mass is 10.2. The summed E-state index contributed by atoms with van der Waals surface area (Å²) in [7, 11) is 0.